The van der Waals surface area contributed by atoms with Crippen LogP contribution in [0, 0.1) is 5.82 Å². The average molecular weight is 338 g/mol. The highest BCUT2D eigenvalue weighted by molar-refractivity contribution is 6.44. The Hall–Kier alpha value is -2.95. The van der Waals surface area contributed by atoms with Crippen molar-refractivity contribution in [2.75, 3.05) is 0 Å². The summed E-state index contributed by atoms with van der Waals surface area (Å²) < 4.78 is 13.5. The highest BCUT2D eigenvalue weighted by Gasteiger charge is 2.27. The van der Waals surface area contributed by atoms with Gasteiger partial charge in [0, 0.05) is 29.7 Å². The molecule has 0 spiro atoms. The first-order valence-corrected chi connectivity index (χ1v) is 8.13. The van der Waals surface area contributed by atoms with E-state index in [1.165, 1.54) is 23.2 Å². The lowest BCUT2D eigenvalue weighted by molar-refractivity contribution is -0.128. The SMILES string of the molecule is CC(C)N(Cc1ccccc1)C(=O)C(=O)c1c[nH]c2ccc(F)cc12. The summed E-state index contributed by atoms with van der Waals surface area (Å²) in [6.45, 7) is 4.08. The number of rotatable bonds is 5. The predicted octanol–water partition coefficient (Wildman–Crippen LogP) is 3.93. The maximum absolute atomic E-state index is 13.5. The first kappa shape index (κ1) is 16.9. The van der Waals surface area contributed by atoms with Gasteiger partial charge in [0.2, 0.25) is 0 Å². The van der Waals surface area contributed by atoms with Crippen LogP contribution in [0.15, 0.2) is 54.7 Å². The van der Waals surface area contributed by atoms with Crippen molar-refractivity contribution in [3.8, 4) is 0 Å². The largest absolute Gasteiger partial charge is 0.360 e. The van der Waals surface area contributed by atoms with Gasteiger partial charge in [0.15, 0.2) is 0 Å². The first-order chi connectivity index (χ1) is 12.0. The molecule has 3 aromatic rings. The van der Waals surface area contributed by atoms with Crippen LogP contribution in [0.1, 0.15) is 29.8 Å². The summed E-state index contributed by atoms with van der Waals surface area (Å²) >= 11 is 0. The average Bonchev–Trinajstić information content (AvgIpc) is 3.02. The third kappa shape index (κ3) is 3.45. The zero-order chi connectivity index (χ0) is 18.0. The number of halogens is 1. The van der Waals surface area contributed by atoms with Crippen molar-refractivity contribution in [2.24, 2.45) is 0 Å². The second-order valence-corrected chi connectivity index (χ2v) is 6.23. The second-order valence-electron chi connectivity index (χ2n) is 6.23. The van der Waals surface area contributed by atoms with E-state index in [4.69, 9.17) is 0 Å². The van der Waals surface area contributed by atoms with Gasteiger partial charge < -0.3 is 9.88 Å². The summed E-state index contributed by atoms with van der Waals surface area (Å²) in [5, 5.41) is 0.418. The summed E-state index contributed by atoms with van der Waals surface area (Å²) in [5.74, 6) is -1.68. The van der Waals surface area contributed by atoms with Crippen LogP contribution in [-0.4, -0.2) is 27.6 Å². The Bertz CT molecular complexity index is 916. The Morgan fingerprint density at radius 1 is 1.12 bits per heavy atom. The Morgan fingerprint density at radius 2 is 1.84 bits per heavy atom. The molecule has 0 saturated carbocycles. The van der Waals surface area contributed by atoms with Crippen LogP contribution in [-0.2, 0) is 11.3 Å². The number of nitrogens with zero attached hydrogens (tertiary/aromatic N) is 1. The van der Waals surface area contributed by atoms with Gasteiger partial charge in [-0.2, -0.15) is 0 Å². The van der Waals surface area contributed by atoms with Crippen LogP contribution in [0.5, 0.6) is 0 Å². The van der Waals surface area contributed by atoms with Crippen LogP contribution < -0.4 is 0 Å². The monoisotopic (exact) mass is 338 g/mol. The van der Waals surface area contributed by atoms with Crippen molar-refractivity contribution in [3.05, 3.63) is 71.7 Å². The number of benzene rings is 2. The topological polar surface area (TPSA) is 53.2 Å². The molecule has 0 unspecified atom stereocenters. The number of aromatic nitrogens is 1. The third-order valence-corrected chi connectivity index (χ3v) is 4.16. The first-order valence-electron chi connectivity index (χ1n) is 8.13. The van der Waals surface area contributed by atoms with Gasteiger partial charge in [-0.05, 0) is 37.6 Å². The quantitative estimate of drug-likeness (QED) is 0.566. The van der Waals surface area contributed by atoms with E-state index >= 15 is 0 Å². The molecule has 3 rings (SSSR count). The van der Waals surface area contributed by atoms with Crippen LogP contribution >= 0.6 is 0 Å². The third-order valence-electron chi connectivity index (χ3n) is 4.16. The maximum Gasteiger partial charge on any atom is 0.295 e. The molecule has 5 heteroatoms. The highest BCUT2D eigenvalue weighted by atomic mass is 19.1. The van der Waals surface area contributed by atoms with Crippen molar-refractivity contribution in [1.29, 1.82) is 0 Å². The molecule has 0 aliphatic carbocycles. The minimum Gasteiger partial charge on any atom is -0.360 e. The molecule has 1 N–H and O–H groups in total. The standard InChI is InChI=1S/C20H19FN2O2/c1-13(2)23(12-14-6-4-3-5-7-14)20(25)19(24)17-11-22-18-9-8-15(21)10-16(17)18/h3-11,13,22H,12H2,1-2H3. The molecule has 1 heterocycles. The van der Waals surface area contributed by atoms with Crippen molar-refractivity contribution in [1.82, 2.24) is 9.88 Å². The second kappa shape index (κ2) is 6.89. The number of carbonyl (C=O) groups excluding carboxylic acids is 2. The number of nitrogens with one attached hydrogen (secondary N) is 1. The highest BCUT2D eigenvalue weighted by Crippen LogP contribution is 2.21. The molecule has 0 fully saturated rings. The molecule has 0 aliphatic heterocycles. The molecule has 1 aromatic heterocycles. The van der Waals surface area contributed by atoms with Crippen molar-refractivity contribution >= 4 is 22.6 Å². The van der Waals surface area contributed by atoms with Crippen LogP contribution in [0.3, 0.4) is 0 Å². The van der Waals surface area contributed by atoms with Gasteiger partial charge in [-0.3, -0.25) is 9.59 Å². The molecule has 2 aromatic carbocycles. The number of ketones is 1. The van der Waals surface area contributed by atoms with Crippen LogP contribution in [0.4, 0.5) is 4.39 Å². The normalized spacial score (nSPS) is 11.0. The summed E-state index contributed by atoms with van der Waals surface area (Å²) in [6.07, 6.45) is 1.46. The number of Topliss-reactive ketones (excluding diaryl/α,β-unsaturated/α-hetero) is 1. The number of hydrogen-bond donors (Lipinski definition) is 1. The smallest absolute Gasteiger partial charge is 0.295 e. The maximum atomic E-state index is 13.5. The summed E-state index contributed by atoms with van der Waals surface area (Å²) in [4.78, 5) is 30.0. The van der Waals surface area contributed by atoms with E-state index in [-0.39, 0.29) is 11.6 Å². The van der Waals surface area contributed by atoms with Gasteiger partial charge in [0.05, 0.1) is 5.56 Å². The van der Waals surface area contributed by atoms with E-state index in [2.05, 4.69) is 4.98 Å². The molecule has 0 radical (unpaired) electrons. The number of hydrogen-bond acceptors (Lipinski definition) is 2. The molecule has 0 saturated heterocycles. The van der Waals surface area contributed by atoms with Gasteiger partial charge in [-0.15, -0.1) is 0 Å². The van der Waals surface area contributed by atoms with Crippen LogP contribution in [0.2, 0.25) is 0 Å². The van der Waals surface area contributed by atoms with E-state index in [9.17, 15) is 14.0 Å². The van der Waals surface area contributed by atoms with Gasteiger partial charge in [0.1, 0.15) is 5.82 Å². The fourth-order valence-corrected chi connectivity index (χ4v) is 2.80. The molecule has 25 heavy (non-hydrogen) atoms. The molecular formula is C20H19FN2O2. The van der Waals surface area contributed by atoms with Gasteiger partial charge in [0.25, 0.3) is 11.7 Å². The minimum absolute atomic E-state index is 0.140. The fourth-order valence-electron chi connectivity index (χ4n) is 2.80. The zero-order valence-corrected chi connectivity index (χ0v) is 14.1. The Labute approximate surface area is 145 Å². The Kier molecular flexibility index (Phi) is 4.65. The number of fused-ring (bicyclic) bond motifs is 1. The molecule has 0 atom stereocenters. The predicted molar refractivity (Wildman–Crippen MR) is 94.7 cm³/mol. The van der Waals surface area contributed by atoms with Gasteiger partial charge >= 0.3 is 0 Å². The van der Waals surface area contributed by atoms with E-state index < -0.39 is 17.5 Å². The molecule has 1 amide bonds. The van der Waals surface area contributed by atoms with E-state index in [1.54, 1.807) is 6.07 Å². The lowest BCUT2D eigenvalue weighted by Gasteiger charge is -2.26. The number of amides is 1. The van der Waals surface area contributed by atoms with Crippen molar-refractivity contribution < 1.29 is 14.0 Å². The van der Waals surface area contributed by atoms with Gasteiger partial charge in [-0.25, -0.2) is 4.39 Å². The molecule has 0 aliphatic rings. The van der Waals surface area contributed by atoms with Gasteiger partial charge in [-0.1, -0.05) is 30.3 Å². The van der Waals surface area contributed by atoms with Crippen molar-refractivity contribution in [3.63, 3.8) is 0 Å². The van der Waals surface area contributed by atoms with E-state index in [0.717, 1.165) is 5.56 Å². The van der Waals surface area contributed by atoms with E-state index in [1.807, 2.05) is 44.2 Å². The zero-order valence-electron chi connectivity index (χ0n) is 14.1. The number of aromatic amines is 1. The Balaban J connectivity index is 1.90. The molecular weight excluding hydrogens is 319 g/mol. The lowest BCUT2D eigenvalue weighted by atomic mass is 10.1. The summed E-state index contributed by atoms with van der Waals surface area (Å²) in [7, 11) is 0. The summed E-state index contributed by atoms with van der Waals surface area (Å²) in [6, 6.07) is 13.5. The lowest BCUT2D eigenvalue weighted by Crippen LogP contribution is -2.40. The summed E-state index contributed by atoms with van der Waals surface area (Å²) in [5.41, 5.74) is 1.76. The molecule has 0 bridgehead atoms. The molecule has 128 valence electrons. The van der Waals surface area contributed by atoms with E-state index in [0.29, 0.717) is 17.4 Å². The van der Waals surface area contributed by atoms with Crippen LogP contribution in [0.25, 0.3) is 10.9 Å². The Morgan fingerprint density at radius 3 is 2.52 bits per heavy atom. The number of H-pyrrole nitrogens is 1. The fraction of sp³-hybridized carbons (Fsp3) is 0.200. The van der Waals surface area contributed by atoms with Crippen molar-refractivity contribution in [2.45, 2.75) is 26.4 Å². The minimum atomic E-state index is -0.638. The number of carbonyl (C=O) groups is 2. The molecule has 4 nitrogen and oxygen atoms in total.